The van der Waals surface area contributed by atoms with Gasteiger partial charge in [0.2, 0.25) is 0 Å². The van der Waals surface area contributed by atoms with Crippen LogP contribution in [-0.4, -0.2) is 27.9 Å². The van der Waals surface area contributed by atoms with E-state index in [4.69, 9.17) is 16.8 Å². The van der Waals surface area contributed by atoms with Gasteiger partial charge in [-0.1, -0.05) is 41.9 Å². The summed E-state index contributed by atoms with van der Waals surface area (Å²) in [5.74, 6) is -1.60. The van der Waals surface area contributed by atoms with Crippen molar-refractivity contribution < 1.29 is 19.6 Å². The Morgan fingerprint density at radius 3 is 2.32 bits per heavy atom. The number of amides is 3. The van der Waals surface area contributed by atoms with Crippen molar-refractivity contribution in [1.29, 1.82) is 0 Å². The quantitative estimate of drug-likeness (QED) is 0.213. The number of imide groups is 1. The third-order valence-corrected chi connectivity index (χ3v) is 6.68. The van der Waals surface area contributed by atoms with Gasteiger partial charge in [-0.2, -0.15) is 0 Å². The van der Waals surface area contributed by atoms with Crippen LogP contribution in [0.5, 0.6) is 0 Å². The molecule has 3 N–H and O–H groups in total. The van der Waals surface area contributed by atoms with E-state index in [0.29, 0.717) is 33.3 Å². The highest BCUT2D eigenvalue weighted by Gasteiger charge is 2.38. The van der Waals surface area contributed by atoms with E-state index in [1.807, 2.05) is 0 Å². The summed E-state index contributed by atoms with van der Waals surface area (Å²) in [6.45, 7) is 0. The average Bonchev–Trinajstić information content (AvgIpc) is 3.48. The first-order valence-electron chi connectivity index (χ1n) is 11.1. The van der Waals surface area contributed by atoms with Crippen LogP contribution in [0.1, 0.15) is 10.4 Å². The number of halogens is 1. The summed E-state index contributed by atoms with van der Waals surface area (Å²) in [6, 6.07) is 20.9. The van der Waals surface area contributed by atoms with Gasteiger partial charge in [-0.25, -0.2) is 9.88 Å². The van der Waals surface area contributed by atoms with E-state index in [-0.39, 0.29) is 21.6 Å². The van der Waals surface area contributed by atoms with Crippen LogP contribution in [0.25, 0.3) is 11.3 Å². The van der Waals surface area contributed by atoms with Crippen LogP contribution in [0, 0.1) is 5.21 Å². The number of carbonyl (C=O) groups is 3. The van der Waals surface area contributed by atoms with E-state index in [1.54, 1.807) is 72.1 Å². The number of anilines is 4. The molecule has 0 atom stereocenters. The molecule has 12 heteroatoms. The summed E-state index contributed by atoms with van der Waals surface area (Å²) in [5, 5.41) is 27.2. The van der Waals surface area contributed by atoms with Gasteiger partial charge in [-0.3, -0.25) is 24.9 Å². The van der Waals surface area contributed by atoms with Crippen LogP contribution in [0.2, 0.25) is 0 Å². The van der Waals surface area contributed by atoms with Gasteiger partial charge >= 0.3 is 0 Å². The molecule has 5 rings (SSSR count). The standard InChI is InChI=1S/C26H17ClN5O5S/c27-21-22(25(35)31(24(21)34)18-4-2-1-3-5-18)28-17-10-6-16(7-11-17)23(33)30-26-29-20(14-38-26)15-8-12-19(13-9-15)32(36)37/h1-14,28,36H,(H,29,30,33)/q-1. The smallest absolute Gasteiger partial charge is 0.283 e. The maximum absolute atomic E-state index is 12.9. The predicted molar refractivity (Wildman–Crippen MR) is 145 cm³/mol. The summed E-state index contributed by atoms with van der Waals surface area (Å²) in [4.78, 5) is 43.5. The third-order valence-electron chi connectivity index (χ3n) is 5.57. The van der Waals surface area contributed by atoms with Crippen LogP contribution in [0.15, 0.2) is 95.0 Å². The highest BCUT2D eigenvalue weighted by Crippen LogP contribution is 2.30. The molecule has 1 aromatic heterocycles. The van der Waals surface area contributed by atoms with Crippen LogP contribution in [-0.2, 0) is 9.59 Å². The largest absolute Gasteiger partial charge is 0.733 e. The number of thiazole rings is 1. The topological polar surface area (TPSA) is 138 Å². The summed E-state index contributed by atoms with van der Waals surface area (Å²) in [7, 11) is 0. The number of para-hydroxylation sites is 1. The normalized spacial score (nSPS) is 13.2. The number of carbonyl (C=O) groups excluding carboxylic acids is 3. The van der Waals surface area contributed by atoms with Crippen LogP contribution < -0.4 is 20.8 Å². The minimum atomic E-state index is -0.624. The minimum absolute atomic E-state index is 0.0528. The maximum Gasteiger partial charge on any atom is 0.283 e. The Labute approximate surface area is 224 Å². The zero-order valence-corrected chi connectivity index (χ0v) is 20.9. The van der Waals surface area contributed by atoms with Gasteiger partial charge in [-0.15, -0.1) is 11.3 Å². The van der Waals surface area contributed by atoms with Gasteiger partial charge in [0, 0.05) is 22.2 Å². The second-order valence-electron chi connectivity index (χ2n) is 7.98. The first-order valence-corrected chi connectivity index (χ1v) is 12.3. The Kier molecular flexibility index (Phi) is 6.90. The van der Waals surface area contributed by atoms with Crippen LogP contribution >= 0.6 is 22.9 Å². The number of hydrogen-bond donors (Lipinski definition) is 3. The molecule has 1 aliphatic rings. The van der Waals surface area contributed by atoms with Gasteiger partial charge in [0.25, 0.3) is 17.7 Å². The Morgan fingerprint density at radius 2 is 1.66 bits per heavy atom. The molecule has 0 saturated heterocycles. The van der Waals surface area contributed by atoms with E-state index >= 15 is 0 Å². The van der Waals surface area contributed by atoms with Gasteiger partial charge in [0.05, 0.1) is 17.1 Å². The van der Waals surface area contributed by atoms with Gasteiger partial charge in [-0.05, 0) is 48.5 Å². The lowest BCUT2D eigenvalue weighted by atomic mass is 10.1. The summed E-state index contributed by atoms with van der Waals surface area (Å²) < 4.78 is 0. The SMILES string of the molecule is O=C(Nc1nc(-c2ccc(N([O-])O)cc2)cs1)c1ccc(NC2=C(Cl)C(=O)N(c3ccccc3)C2=O)cc1. The maximum atomic E-state index is 12.9. The van der Waals surface area contributed by atoms with E-state index < -0.39 is 17.7 Å². The Balaban J connectivity index is 1.24. The summed E-state index contributed by atoms with van der Waals surface area (Å²) in [5.41, 5.74) is 2.56. The lowest BCUT2D eigenvalue weighted by Crippen LogP contribution is -2.32. The lowest BCUT2D eigenvalue weighted by Gasteiger charge is -2.21. The second kappa shape index (κ2) is 10.4. The zero-order valence-electron chi connectivity index (χ0n) is 19.3. The van der Waals surface area contributed by atoms with Gasteiger partial charge in [0.15, 0.2) is 5.13 Å². The molecule has 190 valence electrons. The molecular weight excluding hydrogens is 530 g/mol. The molecule has 0 aliphatic carbocycles. The third kappa shape index (κ3) is 4.99. The van der Waals surface area contributed by atoms with Gasteiger partial charge < -0.3 is 15.8 Å². The molecule has 3 amide bonds. The number of rotatable bonds is 7. The van der Waals surface area contributed by atoms with E-state index in [2.05, 4.69) is 15.6 Å². The van der Waals surface area contributed by atoms with Gasteiger partial charge in [0.1, 0.15) is 10.7 Å². The molecular formula is C26H17ClN5O5S-. The molecule has 0 spiro atoms. The predicted octanol–water partition coefficient (Wildman–Crippen LogP) is 5.19. The monoisotopic (exact) mass is 546 g/mol. The van der Waals surface area contributed by atoms with Crippen molar-refractivity contribution in [2.75, 3.05) is 20.8 Å². The summed E-state index contributed by atoms with van der Waals surface area (Å²) >= 11 is 7.40. The fourth-order valence-electron chi connectivity index (χ4n) is 3.66. The number of hydrogen-bond acceptors (Lipinski definition) is 9. The molecule has 2 heterocycles. The fourth-order valence-corrected chi connectivity index (χ4v) is 4.59. The highest BCUT2D eigenvalue weighted by atomic mass is 35.5. The molecule has 0 unspecified atom stereocenters. The second-order valence-corrected chi connectivity index (χ2v) is 9.22. The van der Waals surface area contributed by atoms with Crippen molar-refractivity contribution in [2.45, 2.75) is 0 Å². The zero-order chi connectivity index (χ0) is 26.8. The molecule has 4 aromatic rings. The lowest BCUT2D eigenvalue weighted by molar-refractivity contribution is -0.120. The van der Waals surface area contributed by atoms with Crippen molar-refractivity contribution in [1.82, 2.24) is 4.98 Å². The highest BCUT2D eigenvalue weighted by molar-refractivity contribution is 7.14. The Morgan fingerprint density at radius 1 is 0.974 bits per heavy atom. The average molecular weight is 547 g/mol. The first-order chi connectivity index (χ1) is 18.3. The molecule has 0 radical (unpaired) electrons. The van der Waals surface area contributed by atoms with Crippen molar-refractivity contribution >= 4 is 62.9 Å². The van der Waals surface area contributed by atoms with Crippen molar-refractivity contribution in [3.8, 4) is 11.3 Å². The molecule has 38 heavy (non-hydrogen) atoms. The molecule has 0 bridgehead atoms. The number of nitrogens with one attached hydrogen (secondary N) is 2. The molecule has 0 saturated carbocycles. The van der Waals surface area contributed by atoms with Crippen molar-refractivity contribution in [3.63, 3.8) is 0 Å². The van der Waals surface area contributed by atoms with Crippen LogP contribution in [0.3, 0.4) is 0 Å². The molecule has 0 fully saturated rings. The molecule has 3 aromatic carbocycles. The first kappa shape index (κ1) is 25.1. The molecule has 1 aliphatic heterocycles. The van der Waals surface area contributed by atoms with Crippen molar-refractivity contribution in [2.24, 2.45) is 0 Å². The van der Waals surface area contributed by atoms with E-state index in [0.717, 1.165) is 4.90 Å². The van der Waals surface area contributed by atoms with Crippen LogP contribution in [0.4, 0.5) is 22.2 Å². The van der Waals surface area contributed by atoms with Crippen molar-refractivity contribution in [3.05, 3.63) is 106 Å². The Bertz CT molecular complexity index is 1550. The van der Waals surface area contributed by atoms with E-state index in [9.17, 15) is 19.6 Å². The minimum Gasteiger partial charge on any atom is -0.733 e. The molecule has 10 nitrogen and oxygen atoms in total. The Hall–Kier alpha value is -4.55. The number of benzene rings is 3. The fraction of sp³-hybridized carbons (Fsp3) is 0. The van der Waals surface area contributed by atoms with E-state index in [1.165, 1.54) is 23.5 Å². The number of nitrogens with zero attached hydrogens (tertiary/aromatic N) is 3. The summed E-state index contributed by atoms with van der Waals surface area (Å²) in [6.07, 6.45) is 0. The number of aromatic nitrogens is 1.